The number of anilines is 1. The van der Waals surface area contributed by atoms with Gasteiger partial charge in [-0.3, -0.25) is 0 Å². The van der Waals surface area contributed by atoms with Crippen molar-refractivity contribution in [2.75, 3.05) is 39.8 Å². The van der Waals surface area contributed by atoms with Gasteiger partial charge in [-0.1, -0.05) is 0 Å². The maximum absolute atomic E-state index is 5.88. The summed E-state index contributed by atoms with van der Waals surface area (Å²) in [5.41, 5.74) is 0.617. The van der Waals surface area contributed by atoms with E-state index in [2.05, 4.69) is 20.3 Å². The Balaban J connectivity index is 1.95. The van der Waals surface area contributed by atoms with E-state index < -0.39 is 0 Å². The average molecular weight is 372 g/mol. The number of fused-ring (bicyclic) bond motifs is 1. The van der Waals surface area contributed by atoms with Crippen LogP contribution in [0.2, 0.25) is 0 Å². The van der Waals surface area contributed by atoms with E-state index in [1.54, 1.807) is 38.6 Å². The van der Waals surface area contributed by atoms with Gasteiger partial charge in [0.1, 0.15) is 24.5 Å². The van der Waals surface area contributed by atoms with E-state index in [0.29, 0.717) is 47.2 Å². The summed E-state index contributed by atoms with van der Waals surface area (Å²) in [6.45, 7) is 0.782. The second kappa shape index (κ2) is 8.97. The fraction of sp³-hybridized carbons (Fsp3) is 0.278. The van der Waals surface area contributed by atoms with Crippen LogP contribution in [0.4, 0.5) is 5.82 Å². The van der Waals surface area contributed by atoms with Gasteiger partial charge in [-0.2, -0.15) is 4.89 Å². The van der Waals surface area contributed by atoms with Crippen molar-refractivity contribution in [2.24, 2.45) is 0 Å². The highest BCUT2D eigenvalue weighted by Crippen LogP contribution is 2.36. The lowest BCUT2D eigenvalue weighted by Gasteiger charge is -2.13. The number of hydrogen-bond donors (Lipinski definition) is 1. The minimum Gasteiger partial charge on any atom is -0.487 e. The third-order valence-corrected chi connectivity index (χ3v) is 3.59. The molecule has 9 heteroatoms. The molecule has 0 saturated carbocycles. The molecule has 0 amide bonds. The van der Waals surface area contributed by atoms with E-state index in [9.17, 15) is 0 Å². The van der Waals surface area contributed by atoms with E-state index in [0.717, 1.165) is 5.82 Å². The highest BCUT2D eigenvalue weighted by Gasteiger charge is 2.14. The number of pyridine rings is 1. The molecular formula is C18H20N4O5. The molecule has 0 spiro atoms. The number of methoxy groups -OCH3 is 1. The predicted octanol–water partition coefficient (Wildman–Crippen LogP) is 2.82. The minimum absolute atomic E-state index is 0.349. The zero-order chi connectivity index (χ0) is 19.1. The van der Waals surface area contributed by atoms with Gasteiger partial charge in [0, 0.05) is 20.2 Å². The average Bonchev–Trinajstić information content (AvgIpc) is 2.69. The second-order valence-corrected chi connectivity index (χ2v) is 5.32. The van der Waals surface area contributed by atoms with Crippen LogP contribution >= 0.6 is 0 Å². The van der Waals surface area contributed by atoms with Gasteiger partial charge in [0.25, 0.3) is 0 Å². The highest BCUT2D eigenvalue weighted by atomic mass is 17.2. The van der Waals surface area contributed by atoms with Crippen molar-refractivity contribution in [3.05, 3.63) is 36.8 Å². The lowest BCUT2D eigenvalue weighted by Crippen LogP contribution is -2.06. The van der Waals surface area contributed by atoms with Crippen LogP contribution in [0.1, 0.15) is 0 Å². The number of rotatable bonds is 9. The van der Waals surface area contributed by atoms with E-state index in [1.807, 2.05) is 6.07 Å². The molecule has 0 aliphatic carbocycles. The second-order valence-electron chi connectivity index (χ2n) is 5.32. The van der Waals surface area contributed by atoms with Crippen LogP contribution < -0.4 is 19.7 Å². The monoisotopic (exact) mass is 372 g/mol. The Labute approximate surface area is 156 Å². The van der Waals surface area contributed by atoms with Crippen LogP contribution in [0.15, 0.2) is 36.8 Å². The topological polar surface area (TPSA) is 96.9 Å². The Kier molecular flexibility index (Phi) is 6.18. The van der Waals surface area contributed by atoms with Crippen LogP contribution in [0.5, 0.6) is 23.1 Å². The van der Waals surface area contributed by atoms with Crippen LogP contribution in [0.25, 0.3) is 10.9 Å². The molecule has 0 bridgehead atoms. The lowest BCUT2D eigenvalue weighted by atomic mass is 10.2. The van der Waals surface area contributed by atoms with Gasteiger partial charge in [0.15, 0.2) is 5.75 Å². The van der Waals surface area contributed by atoms with Crippen LogP contribution in [0, 0.1) is 0 Å². The summed E-state index contributed by atoms with van der Waals surface area (Å²) in [6, 6.07) is 7.04. The molecular weight excluding hydrogens is 352 g/mol. The van der Waals surface area contributed by atoms with Gasteiger partial charge in [-0.15, -0.1) is 0 Å². The Bertz CT molecular complexity index is 889. The number of aromatic nitrogens is 3. The molecule has 3 rings (SSSR count). The molecule has 0 unspecified atom stereocenters. The summed E-state index contributed by atoms with van der Waals surface area (Å²) in [5.74, 6) is 2.52. The van der Waals surface area contributed by atoms with Gasteiger partial charge in [0.05, 0.1) is 30.8 Å². The summed E-state index contributed by atoms with van der Waals surface area (Å²) >= 11 is 0. The van der Waals surface area contributed by atoms with Crippen molar-refractivity contribution in [2.45, 2.75) is 0 Å². The minimum atomic E-state index is 0.349. The molecule has 1 aromatic carbocycles. The van der Waals surface area contributed by atoms with Crippen molar-refractivity contribution in [3.8, 4) is 23.1 Å². The molecule has 27 heavy (non-hydrogen) atoms. The third-order valence-electron chi connectivity index (χ3n) is 3.59. The Morgan fingerprint density at radius 3 is 2.59 bits per heavy atom. The first kappa shape index (κ1) is 18.6. The zero-order valence-corrected chi connectivity index (χ0v) is 15.3. The summed E-state index contributed by atoms with van der Waals surface area (Å²) in [4.78, 5) is 22.7. The number of ether oxygens (including phenoxy) is 3. The van der Waals surface area contributed by atoms with Crippen molar-refractivity contribution >= 4 is 16.7 Å². The molecule has 142 valence electrons. The first-order chi connectivity index (χ1) is 13.2. The first-order valence-electron chi connectivity index (χ1n) is 8.18. The first-order valence-corrected chi connectivity index (χ1v) is 8.18. The van der Waals surface area contributed by atoms with Gasteiger partial charge in [-0.05, 0) is 18.2 Å². The zero-order valence-electron chi connectivity index (χ0n) is 15.3. The van der Waals surface area contributed by atoms with Crippen molar-refractivity contribution in [1.82, 2.24) is 15.0 Å². The molecule has 0 fully saturated rings. The number of hydrogen-bond acceptors (Lipinski definition) is 9. The SMILES string of the molecule is CNc1ccc(Oc2ncnc3cc(OOC)c(OCCOC)cc23)cn1. The maximum Gasteiger partial charge on any atom is 0.230 e. The summed E-state index contributed by atoms with van der Waals surface area (Å²) in [7, 11) is 4.81. The van der Waals surface area contributed by atoms with Gasteiger partial charge < -0.3 is 24.4 Å². The van der Waals surface area contributed by atoms with Crippen molar-refractivity contribution in [1.29, 1.82) is 0 Å². The summed E-state index contributed by atoms with van der Waals surface area (Å²) in [6.07, 6.45) is 3.02. The maximum atomic E-state index is 5.88. The fourth-order valence-corrected chi connectivity index (χ4v) is 2.32. The predicted molar refractivity (Wildman–Crippen MR) is 98.4 cm³/mol. The highest BCUT2D eigenvalue weighted by molar-refractivity contribution is 5.86. The molecule has 0 aliphatic rings. The number of benzene rings is 1. The van der Waals surface area contributed by atoms with Crippen LogP contribution in [0.3, 0.4) is 0 Å². The molecule has 3 aromatic rings. The lowest BCUT2D eigenvalue weighted by molar-refractivity contribution is -0.179. The smallest absolute Gasteiger partial charge is 0.230 e. The molecule has 0 atom stereocenters. The Hall–Kier alpha value is -3.17. The molecule has 0 aliphatic heterocycles. The Morgan fingerprint density at radius 2 is 1.89 bits per heavy atom. The van der Waals surface area contributed by atoms with Gasteiger partial charge in [-0.25, -0.2) is 15.0 Å². The van der Waals surface area contributed by atoms with Crippen LogP contribution in [-0.2, 0) is 9.62 Å². The summed E-state index contributed by atoms with van der Waals surface area (Å²) < 4.78 is 16.6. The number of nitrogens with zero attached hydrogens (tertiary/aromatic N) is 3. The van der Waals surface area contributed by atoms with Crippen LogP contribution in [-0.4, -0.2) is 49.4 Å². The van der Waals surface area contributed by atoms with Gasteiger partial charge >= 0.3 is 0 Å². The van der Waals surface area contributed by atoms with E-state index in [4.69, 9.17) is 24.0 Å². The summed E-state index contributed by atoms with van der Waals surface area (Å²) in [5, 5.41) is 3.61. The Morgan fingerprint density at radius 1 is 1.00 bits per heavy atom. The molecule has 2 heterocycles. The van der Waals surface area contributed by atoms with E-state index in [-0.39, 0.29) is 0 Å². The number of nitrogens with one attached hydrogen (secondary N) is 1. The largest absolute Gasteiger partial charge is 0.487 e. The normalized spacial score (nSPS) is 10.6. The molecule has 1 N–H and O–H groups in total. The van der Waals surface area contributed by atoms with Crippen molar-refractivity contribution < 1.29 is 24.0 Å². The molecule has 0 radical (unpaired) electrons. The standard InChI is InChI=1S/C18H20N4O5/c1-19-17-5-4-12(10-20-17)26-18-13-8-15(25-7-6-23-2)16(27-24-3)9-14(13)21-11-22-18/h4-5,8-11H,6-7H2,1-3H3,(H,19,20). The van der Waals surface area contributed by atoms with E-state index >= 15 is 0 Å². The van der Waals surface area contributed by atoms with Crippen molar-refractivity contribution in [3.63, 3.8) is 0 Å². The quantitative estimate of drug-likeness (QED) is 0.345. The third kappa shape index (κ3) is 4.52. The molecule has 9 nitrogen and oxygen atoms in total. The fourth-order valence-electron chi connectivity index (χ4n) is 2.32. The molecule has 2 aromatic heterocycles. The van der Waals surface area contributed by atoms with Gasteiger partial charge in [0.2, 0.25) is 11.6 Å². The van der Waals surface area contributed by atoms with E-state index in [1.165, 1.54) is 13.4 Å². The molecule has 0 saturated heterocycles.